The highest BCUT2D eigenvalue weighted by molar-refractivity contribution is 5.86. The van der Waals surface area contributed by atoms with Crippen molar-refractivity contribution in [3.8, 4) is 0 Å². The second-order valence-electron chi connectivity index (χ2n) is 4.23. The number of aliphatic imine (C=N–C) groups is 1. The minimum absolute atomic E-state index is 0.494. The molecule has 0 radical (unpaired) electrons. The van der Waals surface area contributed by atoms with Crippen molar-refractivity contribution in [2.45, 2.75) is 19.3 Å². The Morgan fingerprint density at radius 2 is 1.79 bits per heavy atom. The number of allylic oxidation sites excluding steroid dienone is 1. The van der Waals surface area contributed by atoms with E-state index in [4.69, 9.17) is 17.2 Å². The summed E-state index contributed by atoms with van der Waals surface area (Å²) in [5, 5.41) is 0. The Balaban J connectivity index is 2.14. The maximum atomic E-state index is 5.74. The normalized spacial score (nSPS) is 31.7. The molecule has 0 bridgehead atoms. The van der Waals surface area contributed by atoms with Gasteiger partial charge in [0.15, 0.2) is 0 Å². The Morgan fingerprint density at radius 3 is 2.43 bits per heavy atom. The molecule has 4 nitrogen and oxygen atoms in total. The molecular weight excluding hydrogens is 176 g/mol. The summed E-state index contributed by atoms with van der Waals surface area (Å²) in [6.07, 6.45) is 2.86. The quantitative estimate of drug-likeness (QED) is 0.575. The van der Waals surface area contributed by atoms with Gasteiger partial charge in [-0.2, -0.15) is 0 Å². The van der Waals surface area contributed by atoms with E-state index >= 15 is 0 Å². The zero-order chi connectivity index (χ0) is 10.1. The van der Waals surface area contributed by atoms with Crippen LogP contribution in [0.15, 0.2) is 16.3 Å². The molecule has 0 saturated heterocycles. The van der Waals surface area contributed by atoms with Crippen LogP contribution in [0.25, 0.3) is 0 Å². The van der Waals surface area contributed by atoms with Gasteiger partial charge in [-0.15, -0.1) is 0 Å². The van der Waals surface area contributed by atoms with Gasteiger partial charge in [-0.05, 0) is 43.3 Å². The highest BCUT2D eigenvalue weighted by atomic mass is 14.9. The lowest BCUT2D eigenvalue weighted by Gasteiger charge is -2.30. The van der Waals surface area contributed by atoms with Gasteiger partial charge in [0.05, 0.1) is 0 Å². The van der Waals surface area contributed by atoms with Gasteiger partial charge in [-0.25, -0.2) is 4.99 Å². The number of hydrogen-bond acceptors (Lipinski definition) is 4. The maximum absolute atomic E-state index is 5.74. The van der Waals surface area contributed by atoms with Crippen LogP contribution in [0.4, 0.5) is 0 Å². The Bertz CT molecular complexity index is 292. The third kappa shape index (κ3) is 1.55. The van der Waals surface area contributed by atoms with E-state index in [1.165, 1.54) is 11.3 Å². The summed E-state index contributed by atoms with van der Waals surface area (Å²) >= 11 is 0. The predicted octanol–water partition coefficient (Wildman–Crippen LogP) is -0.0550. The lowest BCUT2D eigenvalue weighted by Crippen LogP contribution is -2.32. The van der Waals surface area contributed by atoms with Gasteiger partial charge in [-0.1, -0.05) is 0 Å². The Morgan fingerprint density at radius 1 is 1.14 bits per heavy atom. The van der Waals surface area contributed by atoms with Gasteiger partial charge in [0.1, 0.15) is 5.84 Å². The third-order valence-corrected chi connectivity index (χ3v) is 3.32. The van der Waals surface area contributed by atoms with E-state index in [0.29, 0.717) is 18.4 Å². The number of amidine groups is 1. The predicted molar refractivity (Wildman–Crippen MR) is 57.6 cm³/mol. The molecule has 0 aromatic carbocycles. The molecule has 4 heteroatoms. The van der Waals surface area contributed by atoms with Crippen LogP contribution >= 0.6 is 0 Å². The molecule has 14 heavy (non-hydrogen) atoms. The van der Waals surface area contributed by atoms with Crippen LogP contribution in [0, 0.1) is 11.8 Å². The molecular formula is C10H18N4. The molecule has 0 aromatic heterocycles. The number of rotatable bonds is 2. The molecule has 2 rings (SSSR count). The number of nitrogens with two attached hydrogens (primary N) is 3. The fourth-order valence-corrected chi connectivity index (χ4v) is 2.44. The van der Waals surface area contributed by atoms with E-state index in [1.54, 1.807) is 0 Å². The first kappa shape index (κ1) is 9.68. The summed E-state index contributed by atoms with van der Waals surface area (Å²) in [5.41, 5.74) is 19.8. The van der Waals surface area contributed by atoms with Crippen LogP contribution in [0.5, 0.6) is 0 Å². The average Bonchev–Trinajstić information content (AvgIpc) is 2.54. The van der Waals surface area contributed by atoms with Gasteiger partial charge in [-0.3, -0.25) is 0 Å². The maximum Gasteiger partial charge on any atom is 0.103 e. The van der Waals surface area contributed by atoms with Crippen LogP contribution in [-0.2, 0) is 0 Å². The highest BCUT2D eigenvalue weighted by Gasteiger charge is 2.30. The van der Waals surface area contributed by atoms with Crippen molar-refractivity contribution in [3.63, 3.8) is 0 Å². The monoisotopic (exact) mass is 194 g/mol. The molecule has 0 saturated carbocycles. The first-order valence-electron chi connectivity index (χ1n) is 5.18. The van der Waals surface area contributed by atoms with Crippen LogP contribution in [0.2, 0.25) is 0 Å². The second kappa shape index (κ2) is 3.71. The van der Waals surface area contributed by atoms with Gasteiger partial charge in [0, 0.05) is 12.1 Å². The molecule has 6 N–H and O–H groups in total. The first-order valence-corrected chi connectivity index (χ1v) is 5.18. The lowest BCUT2D eigenvalue weighted by atomic mass is 9.78. The summed E-state index contributed by atoms with van der Waals surface area (Å²) in [4.78, 5) is 4.36. The van der Waals surface area contributed by atoms with E-state index in [9.17, 15) is 0 Å². The van der Waals surface area contributed by atoms with Gasteiger partial charge < -0.3 is 17.2 Å². The molecule has 0 spiro atoms. The van der Waals surface area contributed by atoms with E-state index in [1.807, 2.05) is 0 Å². The topological polar surface area (TPSA) is 90.4 Å². The minimum atomic E-state index is 0.494. The third-order valence-electron chi connectivity index (χ3n) is 3.32. The molecule has 0 aromatic rings. The highest BCUT2D eigenvalue weighted by Crippen LogP contribution is 2.38. The Kier molecular flexibility index (Phi) is 2.56. The summed E-state index contributed by atoms with van der Waals surface area (Å²) in [5.74, 6) is 1.77. The SMILES string of the molecule is NCC1CC2=C(CC(N)=N2)C[C@H]1CN. The molecule has 1 unspecified atom stereocenters. The fraction of sp³-hybridized carbons (Fsp3) is 0.700. The molecule has 0 fully saturated rings. The summed E-state index contributed by atoms with van der Waals surface area (Å²) in [7, 11) is 0. The van der Waals surface area contributed by atoms with E-state index in [-0.39, 0.29) is 0 Å². The molecule has 2 aliphatic rings. The van der Waals surface area contributed by atoms with Gasteiger partial charge in [0.25, 0.3) is 0 Å². The van der Waals surface area contributed by atoms with Gasteiger partial charge in [0.2, 0.25) is 0 Å². The molecule has 0 amide bonds. The molecule has 1 aliphatic carbocycles. The lowest BCUT2D eigenvalue weighted by molar-refractivity contribution is 0.321. The van der Waals surface area contributed by atoms with Crippen molar-refractivity contribution in [2.24, 2.45) is 34.0 Å². The Labute approximate surface area is 84.2 Å². The van der Waals surface area contributed by atoms with Crippen molar-refractivity contribution < 1.29 is 0 Å². The smallest absolute Gasteiger partial charge is 0.103 e. The average molecular weight is 194 g/mol. The largest absolute Gasteiger partial charge is 0.387 e. The standard InChI is InChI=1S/C10H18N4/c11-4-7-1-6-3-10(13)14-9(6)2-8(7)5-12/h7-8H,1-5,11-12H2,(H2,13,14)/t7-,8?/m0/s1. The number of nitrogens with zero attached hydrogens (tertiary/aromatic N) is 1. The fourth-order valence-electron chi connectivity index (χ4n) is 2.44. The summed E-state index contributed by atoms with van der Waals surface area (Å²) in [6, 6.07) is 0. The first-order chi connectivity index (χ1) is 6.74. The number of hydrogen-bond donors (Lipinski definition) is 3. The van der Waals surface area contributed by atoms with Gasteiger partial charge >= 0.3 is 0 Å². The van der Waals surface area contributed by atoms with Crippen LogP contribution < -0.4 is 17.2 Å². The molecule has 78 valence electrons. The molecule has 1 heterocycles. The van der Waals surface area contributed by atoms with Crippen molar-refractivity contribution in [1.29, 1.82) is 0 Å². The zero-order valence-corrected chi connectivity index (χ0v) is 8.37. The van der Waals surface area contributed by atoms with Crippen molar-refractivity contribution >= 4 is 5.84 Å². The summed E-state index contributed by atoms with van der Waals surface area (Å²) in [6.45, 7) is 1.42. The van der Waals surface area contributed by atoms with E-state index < -0.39 is 0 Å². The molecule has 1 aliphatic heterocycles. The summed E-state index contributed by atoms with van der Waals surface area (Å²) < 4.78 is 0. The van der Waals surface area contributed by atoms with Crippen molar-refractivity contribution in [3.05, 3.63) is 11.3 Å². The van der Waals surface area contributed by atoms with Crippen molar-refractivity contribution in [2.75, 3.05) is 13.1 Å². The minimum Gasteiger partial charge on any atom is -0.387 e. The van der Waals surface area contributed by atoms with E-state index in [0.717, 1.165) is 31.6 Å². The van der Waals surface area contributed by atoms with Crippen LogP contribution in [0.3, 0.4) is 0 Å². The zero-order valence-electron chi connectivity index (χ0n) is 8.37. The van der Waals surface area contributed by atoms with Crippen LogP contribution in [0.1, 0.15) is 19.3 Å². The van der Waals surface area contributed by atoms with E-state index in [2.05, 4.69) is 4.99 Å². The molecule has 2 atom stereocenters. The van der Waals surface area contributed by atoms with Crippen LogP contribution in [-0.4, -0.2) is 18.9 Å². The van der Waals surface area contributed by atoms with Crippen molar-refractivity contribution in [1.82, 2.24) is 0 Å². The second-order valence-corrected chi connectivity index (χ2v) is 4.23. The Hall–Kier alpha value is -0.870.